The molecule has 0 aliphatic rings. The van der Waals surface area contributed by atoms with Crippen LogP contribution in [0.15, 0.2) is 41.7 Å². The van der Waals surface area contributed by atoms with Crippen LogP contribution >= 0.6 is 11.6 Å². The molecule has 0 spiro atoms. The van der Waals surface area contributed by atoms with Crippen molar-refractivity contribution >= 4 is 33.0 Å². The van der Waals surface area contributed by atoms with Crippen LogP contribution in [-0.4, -0.2) is 32.5 Å². The van der Waals surface area contributed by atoms with Crippen LogP contribution in [0.5, 0.6) is 0 Å². The van der Waals surface area contributed by atoms with Crippen LogP contribution in [0.4, 0.5) is 11.4 Å². The Morgan fingerprint density at radius 2 is 2.00 bits per heavy atom. The molecule has 0 unspecified atom stereocenters. The molecule has 0 radical (unpaired) electrons. The summed E-state index contributed by atoms with van der Waals surface area (Å²) in [6.07, 6.45) is 4.39. The molecular formula is C12H13ClN4O2S. The highest BCUT2D eigenvalue weighted by Crippen LogP contribution is 2.25. The Balaban J connectivity index is 2.39. The minimum absolute atomic E-state index is 0.0473. The Morgan fingerprint density at radius 1 is 1.25 bits per heavy atom. The third kappa shape index (κ3) is 3.17. The van der Waals surface area contributed by atoms with Crippen molar-refractivity contribution in [3.05, 3.63) is 41.9 Å². The van der Waals surface area contributed by atoms with Crippen LogP contribution in [0.25, 0.3) is 0 Å². The van der Waals surface area contributed by atoms with Crippen LogP contribution in [0.1, 0.15) is 0 Å². The first kappa shape index (κ1) is 14.5. The summed E-state index contributed by atoms with van der Waals surface area (Å²) >= 11 is 5.71. The molecule has 1 N–H and O–H groups in total. The predicted octanol–water partition coefficient (Wildman–Crippen LogP) is 2.00. The molecule has 0 saturated heterocycles. The summed E-state index contributed by atoms with van der Waals surface area (Å²) < 4.78 is 27.1. The topological polar surface area (TPSA) is 75.2 Å². The maximum atomic E-state index is 12.3. The number of anilines is 2. The minimum atomic E-state index is -3.73. The molecule has 2 heterocycles. The van der Waals surface area contributed by atoms with E-state index in [4.69, 9.17) is 11.6 Å². The molecule has 0 aliphatic carbocycles. The molecule has 6 nitrogen and oxygen atoms in total. The van der Waals surface area contributed by atoms with Crippen molar-refractivity contribution in [3.63, 3.8) is 0 Å². The van der Waals surface area contributed by atoms with Gasteiger partial charge in [0.15, 0.2) is 0 Å². The fraction of sp³-hybridized carbons (Fsp3) is 0.167. The number of hydrogen-bond donors (Lipinski definition) is 1. The van der Waals surface area contributed by atoms with Crippen molar-refractivity contribution in [2.75, 3.05) is 23.7 Å². The van der Waals surface area contributed by atoms with Crippen molar-refractivity contribution in [2.24, 2.45) is 0 Å². The van der Waals surface area contributed by atoms with Crippen molar-refractivity contribution in [1.29, 1.82) is 0 Å². The van der Waals surface area contributed by atoms with E-state index in [2.05, 4.69) is 14.7 Å². The predicted molar refractivity (Wildman–Crippen MR) is 78.6 cm³/mol. The van der Waals surface area contributed by atoms with Crippen LogP contribution in [0, 0.1) is 0 Å². The van der Waals surface area contributed by atoms with Crippen LogP contribution in [0.2, 0.25) is 5.15 Å². The van der Waals surface area contributed by atoms with E-state index in [1.807, 2.05) is 14.1 Å². The standard InChI is InChI=1S/C12H13ClN4O2S/c1-17(2)11-4-5-14-8-10(11)16-20(18,19)9-3-6-15-12(13)7-9/h3-8,16H,1-2H3. The minimum Gasteiger partial charge on any atom is -0.376 e. The Bertz CT molecular complexity index is 719. The van der Waals surface area contributed by atoms with Gasteiger partial charge in [0.1, 0.15) is 5.15 Å². The van der Waals surface area contributed by atoms with Gasteiger partial charge < -0.3 is 4.90 Å². The van der Waals surface area contributed by atoms with E-state index in [1.54, 1.807) is 17.2 Å². The van der Waals surface area contributed by atoms with Gasteiger partial charge in [0, 0.05) is 26.5 Å². The van der Waals surface area contributed by atoms with Gasteiger partial charge in [-0.05, 0) is 18.2 Å². The SMILES string of the molecule is CN(C)c1ccncc1NS(=O)(=O)c1ccnc(Cl)c1. The van der Waals surface area contributed by atoms with E-state index < -0.39 is 10.0 Å². The summed E-state index contributed by atoms with van der Waals surface area (Å²) in [6, 6.07) is 4.38. The van der Waals surface area contributed by atoms with E-state index in [0.29, 0.717) is 11.4 Å². The normalized spacial score (nSPS) is 11.2. The second-order valence-corrected chi connectivity index (χ2v) is 6.28. The Hall–Kier alpha value is -1.86. The van der Waals surface area contributed by atoms with E-state index >= 15 is 0 Å². The molecule has 106 valence electrons. The third-order valence-electron chi connectivity index (χ3n) is 2.53. The summed E-state index contributed by atoms with van der Waals surface area (Å²) in [7, 11) is -0.101. The maximum absolute atomic E-state index is 12.3. The van der Waals surface area contributed by atoms with Crippen molar-refractivity contribution in [3.8, 4) is 0 Å². The number of pyridine rings is 2. The van der Waals surface area contributed by atoms with Crippen molar-refractivity contribution in [1.82, 2.24) is 9.97 Å². The number of rotatable bonds is 4. The van der Waals surface area contributed by atoms with Gasteiger partial charge in [-0.1, -0.05) is 11.6 Å². The van der Waals surface area contributed by atoms with Gasteiger partial charge in [0.25, 0.3) is 10.0 Å². The molecule has 8 heteroatoms. The largest absolute Gasteiger partial charge is 0.376 e. The summed E-state index contributed by atoms with van der Waals surface area (Å²) in [6.45, 7) is 0. The lowest BCUT2D eigenvalue weighted by atomic mass is 10.3. The molecule has 0 fully saturated rings. The zero-order chi connectivity index (χ0) is 14.8. The van der Waals surface area contributed by atoms with E-state index in [0.717, 1.165) is 0 Å². The Kier molecular flexibility index (Phi) is 4.10. The number of halogens is 1. The summed E-state index contributed by atoms with van der Waals surface area (Å²) in [4.78, 5) is 9.53. The molecule has 0 amide bonds. The van der Waals surface area contributed by atoms with E-state index in [-0.39, 0.29) is 10.0 Å². The first-order chi connectivity index (χ1) is 9.40. The van der Waals surface area contributed by atoms with Crippen LogP contribution in [-0.2, 0) is 10.0 Å². The average Bonchev–Trinajstić information content (AvgIpc) is 2.38. The fourth-order valence-electron chi connectivity index (χ4n) is 1.61. The number of nitrogens with zero attached hydrogens (tertiary/aromatic N) is 3. The highest BCUT2D eigenvalue weighted by atomic mass is 35.5. The lowest BCUT2D eigenvalue weighted by Crippen LogP contribution is -2.17. The second kappa shape index (κ2) is 5.64. The molecule has 0 aliphatic heterocycles. The van der Waals surface area contributed by atoms with E-state index in [1.165, 1.54) is 24.5 Å². The first-order valence-electron chi connectivity index (χ1n) is 5.66. The number of aromatic nitrogens is 2. The highest BCUT2D eigenvalue weighted by Gasteiger charge is 2.17. The quantitative estimate of drug-likeness (QED) is 0.874. The maximum Gasteiger partial charge on any atom is 0.262 e. The average molecular weight is 313 g/mol. The van der Waals surface area contributed by atoms with Crippen molar-refractivity contribution in [2.45, 2.75) is 4.90 Å². The third-order valence-corrected chi connectivity index (χ3v) is 4.10. The molecule has 0 bridgehead atoms. The molecule has 0 saturated carbocycles. The molecule has 0 atom stereocenters. The molecule has 20 heavy (non-hydrogen) atoms. The smallest absolute Gasteiger partial charge is 0.262 e. The summed E-state index contributed by atoms with van der Waals surface area (Å²) in [5.41, 5.74) is 1.11. The van der Waals surface area contributed by atoms with Crippen LogP contribution in [0.3, 0.4) is 0 Å². The zero-order valence-electron chi connectivity index (χ0n) is 10.9. The van der Waals surface area contributed by atoms with Gasteiger partial charge in [-0.25, -0.2) is 13.4 Å². The molecular weight excluding hydrogens is 300 g/mol. The van der Waals surface area contributed by atoms with Gasteiger partial charge >= 0.3 is 0 Å². The van der Waals surface area contributed by atoms with Crippen LogP contribution < -0.4 is 9.62 Å². The second-order valence-electron chi connectivity index (χ2n) is 4.21. The van der Waals surface area contributed by atoms with Gasteiger partial charge in [0.2, 0.25) is 0 Å². The molecule has 2 aromatic heterocycles. The first-order valence-corrected chi connectivity index (χ1v) is 7.52. The molecule has 2 rings (SSSR count). The fourth-order valence-corrected chi connectivity index (χ4v) is 2.92. The Labute approximate surface area is 122 Å². The van der Waals surface area contributed by atoms with Gasteiger partial charge in [-0.2, -0.15) is 0 Å². The lowest BCUT2D eigenvalue weighted by Gasteiger charge is -2.17. The molecule has 2 aromatic rings. The summed E-state index contributed by atoms with van der Waals surface area (Å²) in [5.74, 6) is 0. The summed E-state index contributed by atoms with van der Waals surface area (Å²) in [5, 5.41) is 0.117. The Morgan fingerprint density at radius 3 is 2.65 bits per heavy atom. The van der Waals surface area contributed by atoms with Gasteiger partial charge in [-0.3, -0.25) is 9.71 Å². The van der Waals surface area contributed by atoms with E-state index in [9.17, 15) is 8.42 Å². The lowest BCUT2D eigenvalue weighted by molar-refractivity contribution is 0.601. The van der Waals surface area contributed by atoms with Gasteiger partial charge in [0.05, 0.1) is 22.5 Å². The number of nitrogens with one attached hydrogen (secondary N) is 1. The number of sulfonamides is 1. The monoisotopic (exact) mass is 312 g/mol. The zero-order valence-corrected chi connectivity index (χ0v) is 12.5. The van der Waals surface area contributed by atoms with Gasteiger partial charge in [-0.15, -0.1) is 0 Å². The number of hydrogen-bond acceptors (Lipinski definition) is 5. The molecule has 0 aromatic carbocycles. The highest BCUT2D eigenvalue weighted by molar-refractivity contribution is 7.92. The van der Waals surface area contributed by atoms with Crippen molar-refractivity contribution < 1.29 is 8.42 Å².